The van der Waals surface area contributed by atoms with E-state index in [2.05, 4.69) is 5.32 Å². The standard InChI is InChI=1S/C16H16Cl2N2O3S/c1-20(13-5-3-2-4-6-13)24(22,23)10-9-19-16(21)14-8-7-12(17)11-15(14)18/h2-8,11H,9-10H2,1H3,(H,19,21). The summed E-state index contributed by atoms with van der Waals surface area (Å²) in [5.41, 5.74) is 0.805. The lowest BCUT2D eigenvalue weighted by molar-refractivity contribution is 0.0956. The second-order valence-corrected chi connectivity index (χ2v) is 7.96. The Kier molecular flexibility index (Phi) is 6.10. The molecule has 0 atom stereocenters. The monoisotopic (exact) mass is 386 g/mol. The molecule has 1 N–H and O–H groups in total. The van der Waals surface area contributed by atoms with Crippen LogP contribution in [0, 0.1) is 0 Å². The number of carbonyl (C=O) groups is 1. The molecule has 0 aromatic heterocycles. The molecule has 0 aliphatic carbocycles. The first kappa shape index (κ1) is 18.6. The predicted octanol–water partition coefficient (Wildman–Crippen LogP) is 3.19. The minimum Gasteiger partial charge on any atom is -0.351 e. The summed E-state index contributed by atoms with van der Waals surface area (Å²) in [6, 6.07) is 13.2. The Bertz CT molecular complexity index is 826. The van der Waals surface area contributed by atoms with E-state index >= 15 is 0 Å². The first-order valence-corrected chi connectivity index (χ1v) is 9.42. The van der Waals surface area contributed by atoms with Crippen LogP contribution in [0.4, 0.5) is 5.69 Å². The molecule has 5 nitrogen and oxygen atoms in total. The van der Waals surface area contributed by atoms with Crippen LogP contribution in [-0.4, -0.2) is 33.7 Å². The minimum absolute atomic E-state index is 0.0305. The first-order valence-electron chi connectivity index (χ1n) is 7.06. The van der Waals surface area contributed by atoms with Crippen LogP contribution >= 0.6 is 23.2 Å². The number of nitrogens with zero attached hydrogens (tertiary/aromatic N) is 1. The van der Waals surface area contributed by atoms with Gasteiger partial charge in [0, 0.05) is 18.6 Å². The number of rotatable bonds is 6. The van der Waals surface area contributed by atoms with Gasteiger partial charge in [0.15, 0.2) is 0 Å². The van der Waals surface area contributed by atoms with Crippen LogP contribution in [0.1, 0.15) is 10.4 Å². The van der Waals surface area contributed by atoms with Crippen LogP contribution in [0.2, 0.25) is 10.0 Å². The molecule has 0 saturated carbocycles. The predicted molar refractivity (Wildman–Crippen MR) is 97.4 cm³/mol. The molecular weight excluding hydrogens is 371 g/mol. The van der Waals surface area contributed by atoms with Crippen LogP contribution in [0.25, 0.3) is 0 Å². The number of carbonyl (C=O) groups excluding carboxylic acids is 1. The molecular formula is C16H16Cl2N2O3S. The molecule has 1 amide bonds. The van der Waals surface area contributed by atoms with E-state index < -0.39 is 15.9 Å². The van der Waals surface area contributed by atoms with Crippen LogP contribution in [-0.2, 0) is 10.0 Å². The summed E-state index contributed by atoms with van der Waals surface area (Å²) in [7, 11) is -2.07. The van der Waals surface area contributed by atoms with Crippen LogP contribution in [0.3, 0.4) is 0 Å². The Balaban J connectivity index is 1.96. The molecule has 0 unspecified atom stereocenters. The van der Waals surface area contributed by atoms with E-state index in [-0.39, 0.29) is 22.9 Å². The summed E-state index contributed by atoms with van der Waals surface area (Å²) in [6.07, 6.45) is 0. The van der Waals surface area contributed by atoms with Gasteiger partial charge in [0.05, 0.1) is 22.0 Å². The molecule has 0 aliphatic rings. The second-order valence-electron chi connectivity index (χ2n) is 5.00. The van der Waals surface area contributed by atoms with Crippen molar-refractivity contribution in [1.82, 2.24) is 5.32 Å². The van der Waals surface area contributed by atoms with Crippen molar-refractivity contribution in [2.45, 2.75) is 0 Å². The van der Waals surface area contributed by atoms with E-state index in [4.69, 9.17) is 23.2 Å². The fourth-order valence-corrected chi connectivity index (χ4v) is 3.57. The molecule has 128 valence electrons. The van der Waals surface area contributed by atoms with Crippen molar-refractivity contribution in [3.8, 4) is 0 Å². The number of para-hydroxylation sites is 1. The summed E-state index contributed by atoms with van der Waals surface area (Å²) >= 11 is 11.7. The van der Waals surface area contributed by atoms with Gasteiger partial charge in [-0.2, -0.15) is 0 Å². The number of benzene rings is 2. The SMILES string of the molecule is CN(c1ccccc1)S(=O)(=O)CCNC(=O)c1ccc(Cl)cc1Cl. The Morgan fingerprint density at radius 1 is 1.12 bits per heavy atom. The first-order chi connectivity index (χ1) is 11.3. The highest BCUT2D eigenvalue weighted by atomic mass is 35.5. The van der Waals surface area contributed by atoms with E-state index in [1.807, 2.05) is 0 Å². The molecule has 0 fully saturated rings. The summed E-state index contributed by atoms with van der Waals surface area (Å²) in [6.45, 7) is -0.0305. The average Bonchev–Trinajstić information content (AvgIpc) is 2.54. The largest absolute Gasteiger partial charge is 0.351 e. The van der Waals surface area contributed by atoms with Gasteiger partial charge in [-0.3, -0.25) is 9.10 Å². The summed E-state index contributed by atoms with van der Waals surface area (Å²) < 4.78 is 25.8. The summed E-state index contributed by atoms with van der Waals surface area (Å²) in [4.78, 5) is 12.1. The van der Waals surface area contributed by atoms with Gasteiger partial charge >= 0.3 is 0 Å². The molecule has 2 rings (SSSR count). The molecule has 24 heavy (non-hydrogen) atoms. The van der Waals surface area contributed by atoms with Gasteiger partial charge in [-0.25, -0.2) is 8.42 Å². The van der Waals surface area contributed by atoms with Crippen molar-refractivity contribution >= 4 is 44.8 Å². The van der Waals surface area contributed by atoms with Crippen LogP contribution in [0.5, 0.6) is 0 Å². The Labute approximate surface area is 151 Å². The number of sulfonamides is 1. The Morgan fingerprint density at radius 2 is 1.79 bits per heavy atom. The molecule has 2 aromatic rings. The highest BCUT2D eigenvalue weighted by Crippen LogP contribution is 2.21. The van der Waals surface area contributed by atoms with Crippen LogP contribution < -0.4 is 9.62 Å². The van der Waals surface area contributed by atoms with Gasteiger partial charge in [-0.1, -0.05) is 41.4 Å². The highest BCUT2D eigenvalue weighted by Gasteiger charge is 2.19. The molecule has 0 bridgehead atoms. The molecule has 0 aliphatic heterocycles. The topological polar surface area (TPSA) is 66.5 Å². The van der Waals surface area contributed by atoms with Gasteiger partial charge in [0.25, 0.3) is 5.91 Å². The number of nitrogens with one attached hydrogen (secondary N) is 1. The van der Waals surface area contributed by atoms with Crippen LogP contribution in [0.15, 0.2) is 48.5 Å². The molecule has 0 radical (unpaired) electrons. The van der Waals surface area contributed by atoms with E-state index in [0.717, 1.165) is 0 Å². The quantitative estimate of drug-likeness (QED) is 0.828. The Morgan fingerprint density at radius 3 is 2.42 bits per heavy atom. The number of hydrogen-bond donors (Lipinski definition) is 1. The Hall–Kier alpha value is -1.76. The zero-order valence-electron chi connectivity index (χ0n) is 12.9. The van der Waals surface area contributed by atoms with Gasteiger partial charge in [-0.15, -0.1) is 0 Å². The lowest BCUT2D eigenvalue weighted by Crippen LogP contribution is -2.35. The number of amides is 1. The van der Waals surface area contributed by atoms with Gasteiger partial charge in [-0.05, 0) is 30.3 Å². The fraction of sp³-hybridized carbons (Fsp3) is 0.188. The average molecular weight is 387 g/mol. The normalized spacial score (nSPS) is 11.1. The molecule has 8 heteroatoms. The third-order valence-corrected chi connectivity index (χ3v) is 5.67. The number of anilines is 1. The molecule has 0 spiro atoms. The molecule has 0 saturated heterocycles. The van der Waals surface area contributed by atoms with Crippen molar-refractivity contribution in [3.63, 3.8) is 0 Å². The third kappa shape index (κ3) is 4.63. The zero-order valence-corrected chi connectivity index (χ0v) is 15.2. The fourth-order valence-electron chi connectivity index (χ4n) is 2.00. The summed E-state index contributed by atoms with van der Waals surface area (Å²) in [5.74, 6) is -0.677. The zero-order chi connectivity index (χ0) is 17.7. The maximum Gasteiger partial charge on any atom is 0.252 e. The smallest absolute Gasteiger partial charge is 0.252 e. The van der Waals surface area contributed by atoms with Gasteiger partial charge in [0.2, 0.25) is 10.0 Å². The number of hydrogen-bond acceptors (Lipinski definition) is 3. The van der Waals surface area contributed by atoms with Gasteiger partial charge in [0.1, 0.15) is 0 Å². The second kappa shape index (κ2) is 7.88. The minimum atomic E-state index is -3.54. The number of halogens is 2. The van der Waals surface area contributed by atoms with E-state index in [1.165, 1.54) is 23.5 Å². The molecule has 2 aromatic carbocycles. The van der Waals surface area contributed by atoms with E-state index in [9.17, 15) is 13.2 Å². The lowest BCUT2D eigenvalue weighted by Gasteiger charge is -2.19. The molecule has 0 heterocycles. The van der Waals surface area contributed by atoms with Gasteiger partial charge < -0.3 is 5.32 Å². The van der Waals surface area contributed by atoms with Crippen molar-refractivity contribution in [3.05, 3.63) is 64.1 Å². The summed E-state index contributed by atoms with van der Waals surface area (Å²) in [5, 5.41) is 3.18. The maximum atomic E-state index is 12.3. The van der Waals surface area contributed by atoms with Crippen molar-refractivity contribution < 1.29 is 13.2 Å². The maximum absolute atomic E-state index is 12.3. The van der Waals surface area contributed by atoms with E-state index in [0.29, 0.717) is 10.7 Å². The van der Waals surface area contributed by atoms with Crippen molar-refractivity contribution in [2.24, 2.45) is 0 Å². The van der Waals surface area contributed by atoms with E-state index in [1.54, 1.807) is 36.4 Å². The lowest BCUT2D eigenvalue weighted by atomic mass is 10.2. The van der Waals surface area contributed by atoms with Crippen molar-refractivity contribution in [2.75, 3.05) is 23.7 Å². The third-order valence-electron chi connectivity index (χ3n) is 3.36. The highest BCUT2D eigenvalue weighted by molar-refractivity contribution is 7.92. The van der Waals surface area contributed by atoms with Crippen molar-refractivity contribution in [1.29, 1.82) is 0 Å².